The average molecular weight is 396 g/mol. The van der Waals surface area contributed by atoms with Gasteiger partial charge in [-0.3, -0.25) is 14.9 Å². The summed E-state index contributed by atoms with van der Waals surface area (Å²) in [5.74, 6) is -0.170. The number of aromatic nitrogens is 2. The minimum atomic E-state index is -0.737. The number of hydrogen-bond donors (Lipinski definition) is 2. The van der Waals surface area contributed by atoms with Crippen molar-refractivity contribution in [2.45, 2.75) is 19.9 Å². The van der Waals surface area contributed by atoms with Crippen LogP contribution in [0.4, 0.5) is 5.13 Å². The highest BCUT2D eigenvalue weighted by Gasteiger charge is 2.18. The van der Waals surface area contributed by atoms with Crippen LogP contribution in [0.3, 0.4) is 0 Å². The van der Waals surface area contributed by atoms with Gasteiger partial charge in [-0.1, -0.05) is 59.4 Å². The summed E-state index contributed by atoms with van der Waals surface area (Å²) in [4.78, 5) is 24.2. The van der Waals surface area contributed by atoms with Gasteiger partial charge in [0.25, 0.3) is 5.91 Å². The zero-order valence-corrected chi connectivity index (χ0v) is 16.3. The van der Waals surface area contributed by atoms with Crippen molar-refractivity contribution < 1.29 is 14.3 Å². The van der Waals surface area contributed by atoms with Crippen LogP contribution in [0.25, 0.3) is 10.6 Å². The summed E-state index contributed by atoms with van der Waals surface area (Å²) in [6.45, 7) is 3.44. The molecule has 1 atom stereocenters. The number of carbonyl (C=O) groups is 2. The van der Waals surface area contributed by atoms with Crippen molar-refractivity contribution in [3.8, 4) is 16.3 Å². The van der Waals surface area contributed by atoms with E-state index >= 15 is 0 Å². The minimum absolute atomic E-state index is 0.169. The molecule has 3 rings (SSSR count). The topological polar surface area (TPSA) is 93.2 Å². The van der Waals surface area contributed by atoms with E-state index in [1.807, 2.05) is 49.4 Å². The molecule has 144 valence electrons. The second kappa shape index (κ2) is 9.09. The van der Waals surface area contributed by atoms with Crippen molar-refractivity contribution in [3.63, 3.8) is 0 Å². The van der Waals surface area contributed by atoms with Crippen molar-refractivity contribution in [1.29, 1.82) is 0 Å². The van der Waals surface area contributed by atoms with Gasteiger partial charge in [0.1, 0.15) is 16.8 Å². The van der Waals surface area contributed by atoms with Crippen LogP contribution in [0.1, 0.15) is 12.5 Å². The third-order valence-electron chi connectivity index (χ3n) is 3.84. The highest BCUT2D eigenvalue weighted by atomic mass is 32.1. The molecule has 0 saturated carbocycles. The molecule has 8 heteroatoms. The van der Waals surface area contributed by atoms with Crippen molar-refractivity contribution in [3.05, 3.63) is 60.2 Å². The van der Waals surface area contributed by atoms with Crippen LogP contribution in [0, 0.1) is 6.92 Å². The molecule has 0 radical (unpaired) electrons. The quantitative estimate of drug-likeness (QED) is 0.640. The lowest BCUT2D eigenvalue weighted by atomic mass is 10.2. The van der Waals surface area contributed by atoms with Gasteiger partial charge in [-0.05, 0) is 26.0 Å². The molecule has 0 saturated heterocycles. The molecular formula is C20H20N4O3S. The maximum atomic E-state index is 12.3. The Morgan fingerprint density at radius 3 is 2.50 bits per heavy atom. The van der Waals surface area contributed by atoms with E-state index in [9.17, 15) is 9.59 Å². The first-order valence-electron chi connectivity index (χ1n) is 8.70. The van der Waals surface area contributed by atoms with Crippen LogP contribution >= 0.6 is 11.3 Å². The fraction of sp³-hybridized carbons (Fsp3) is 0.200. The third-order valence-corrected chi connectivity index (χ3v) is 4.73. The van der Waals surface area contributed by atoms with Gasteiger partial charge in [-0.2, -0.15) is 0 Å². The molecular weight excluding hydrogens is 376 g/mol. The second-order valence-corrected chi connectivity index (χ2v) is 7.14. The summed E-state index contributed by atoms with van der Waals surface area (Å²) in [7, 11) is 0. The lowest BCUT2D eigenvalue weighted by Crippen LogP contribution is -2.43. The number of nitrogens with zero attached hydrogens (tertiary/aromatic N) is 2. The summed E-state index contributed by atoms with van der Waals surface area (Å²) < 4.78 is 5.36. The van der Waals surface area contributed by atoms with Crippen molar-refractivity contribution in [2.75, 3.05) is 11.9 Å². The fourth-order valence-corrected chi connectivity index (χ4v) is 3.07. The molecule has 2 aromatic carbocycles. The third kappa shape index (κ3) is 5.37. The normalized spacial score (nSPS) is 11.5. The number of nitrogens with one attached hydrogen (secondary N) is 2. The van der Waals surface area contributed by atoms with Gasteiger partial charge in [0.05, 0.1) is 0 Å². The van der Waals surface area contributed by atoms with Gasteiger partial charge in [0.15, 0.2) is 6.61 Å². The second-order valence-electron chi connectivity index (χ2n) is 6.16. The maximum absolute atomic E-state index is 12.3. The number of para-hydroxylation sites is 1. The Morgan fingerprint density at radius 2 is 1.79 bits per heavy atom. The number of hydrogen-bond acceptors (Lipinski definition) is 6. The molecule has 1 heterocycles. The van der Waals surface area contributed by atoms with E-state index in [1.54, 1.807) is 19.1 Å². The smallest absolute Gasteiger partial charge is 0.258 e. The first kappa shape index (κ1) is 19.5. The maximum Gasteiger partial charge on any atom is 0.258 e. The molecule has 2 N–H and O–H groups in total. The number of ether oxygens (including phenoxy) is 1. The number of aryl methyl sites for hydroxylation is 1. The van der Waals surface area contributed by atoms with Gasteiger partial charge >= 0.3 is 0 Å². The fourth-order valence-electron chi connectivity index (χ4n) is 2.31. The monoisotopic (exact) mass is 396 g/mol. The predicted octanol–water partition coefficient (Wildman–Crippen LogP) is 3.04. The number of benzene rings is 2. The Hall–Kier alpha value is -3.26. The zero-order chi connectivity index (χ0) is 19.9. The van der Waals surface area contributed by atoms with Gasteiger partial charge in [-0.15, -0.1) is 10.2 Å². The highest BCUT2D eigenvalue weighted by molar-refractivity contribution is 7.18. The van der Waals surface area contributed by atoms with Crippen molar-refractivity contribution in [2.24, 2.45) is 0 Å². The van der Waals surface area contributed by atoms with E-state index in [4.69, 9.17) is 4.74 Å². The number of anilines is 1. The number of carbonyl (C=O) groups excluding carboxylic acids is 2. The number of amides is 2. The molecule has 1 aromatic heterocycles. The molecule has 0 aliphatic carbocycles. The molecule has 1 unspecified atom stereocenters. The van der Waals surface area contributed by atoms with Crippen LogP contribution in [-0.2, 0) is 9.59 Å². The summed E-state index contributed by atoms with van der Waals surface area (Å²) in [5.41, 5.74) is 2.09. The van der Waals surface area contributed by atoms with Crippen LogP contribution in [0.15, 0.2) is 54.6 Å². The Kier molecular flexibility index (Phi) is 6.33. The largest absolute Gasteiger partial charge is 0.484 e. The lowest BCUT2D eigenvalue weighted by molar-refractivity contribution is -0.127. The van der Waals surface area contributed by atoms with E-state index in [1.165, 1.54) is 11.3 Å². The Bertz CT molecular complexity index is 942. The molecule has 0 aliphatic rings. The predicted molar refractivity (Wildman–Crippen MR) is 108 cm³/mol. The SMILES string of the molecule is Cc1ccc(-c2nnc(NC(=O)C(C)NC(=O)COc3ccccc3)s2)cc1. The van der Waals surface area contributed by atoms with Gasteiger partial charge in [0.2, 0.25) is 11.0 Å². The van der Waals surface area contributed by atoms with Gasteiger partial charge in [0, 0.05) is 5.56 Å². The summed E-state index contributed by atoms with van der Waals surface area (Å²) in [5, 5.41) is 14.4. The van der Waals surface area contributed by atoms with Gasteiger partial charge in [-0.25, -0.2) is 0 Å². The minimum Gasteiger partial charge on any atom is -0.484 e. The van der Waals surface area contributed by atoms with E-state index in [2.05, 4.69) is 20.8 Å². The zero-order valence-electron chi connectivity index (χ0n) is 15.5. The molecule has 2 amide bonds. The molecule has 0 bridgehead atoms. The molecule has 28 heavy (non-hydrogen) atoms. The molecule has 7 nitrogen and oxygen atoms in total. The highest BCUT2D eigenvalue weighted by Crippen LogP contribution is 2.26. The van der Waals surface area contributed by atoms with Crippen molar-refractivity contribution >= 4 is 28.3 Å². The van der Waals surface area contributed by atoms with E-state index in [0.717, 1.165) is 11.1 Å². The molecule has 0 aliphatic heterocycles. The lowest BCUT2D eigenvalue weighted by Gasteiger charge is -2.13. The molecule has 3 aromatic rings. The van der Waals surface area contributed by atoms with E-state index < -0.39 is 6.04 Å². The van der Waals surface area contributed by atoms with Gasteiger partial charge < -0.3 is 10.1 Å². The first-order chi connectivity index (χ1) is 13.5. The van der Waals surface area contributed by atoms with Crippen molar-refractivity contribution in [1.82, 2.24) is 15.5 Å². The van der Waals surface area contributed by atoms with Crippen LogP contribution < -0.4 is 15.4 Å². The Morgan fingerprint density at radius 1 is 1.07 bits per heavy atom. The van der Waals surface area contributed by atoms with Crippen LogP contribution in [0.5, 0.6) is 5.75 Å². The first-order valence-corrected chi connectivity index (χ1v) is 9.51. The summed E-state index contributed by atoms with van der Waals surface area (Å²) >= 11 is 1.27. The van der Waals surface area contributed by atoms with E-state index in [-0.39, 0.29) is 18.4 Å². The van der Waals surface area contributed by atoms with E-state index in [0.29, 0.717) is 15.9 Å². The molecule has 0 fully saturated rings. The Balaban J connectivity index is 1.50. The average Bonchev–Trinajstić information content (AvgIpc) is 3.16. The summed E-state index contributed by atoms with van der Waals surface area (Å²) in [6.07, 6.45) is 0. The number of rotatable bonds is 7. The standard InChI is InChI=1S/C20H20N4O3S/c1-13-8-10-15(11-9-13)19-23-24-20(28-19)22-18(26)14(2)21-17(25)12-27-16-6-4-3-5-7-16/h3-11,14H,12H2,1-2H3,(H,21,25)(H,22,24,26). The summed E-state index contributed by atoms with van der Waals surface area (Å²) in [6, 6.07) is 16.2. The van der Waals surface area contributed by atoms with Crippen LogP contribution in [0.2, 0.25) is 0 Å². The van der Waals surface area contributed by atoms with Crippen LogP contribution in [-0.4, -0.2) is 34.7 Å². The molecule has 0 spiro atoms. The Labute approximate surface area is 166 Å².